The lowest BCUT2D eigenvalue weighted by atomic mass is 10.1. The number of nitrogens with zero attached hydrogens (tertiary/aromatic N) is 2. The Hall–Kier alpha value is -0.480. The highest BCUT2D eigenvalue weighted by atomic mass is 32.1. The molecule has 1 aromatic rings. The van der Waals surface area contributed by atoms with Gasteiger partial charge in [-0.05, 0) is 31.3 Å². The second-order valence-corrected chi connectivity index (χ2v) is 7.29. The summed E-state index contributed by atoms with van der Waals surface area (Å²) in [6, 6.07) is 0. The topological polar surface area (TPSA) is 37.8 Å². The maximum Gasteiger partial charge on any atom is 0.117 e. The largest absolute Gasteiger partial charge is 0.316 e. The van der Waals surface area contributed by atoms with Gasteiger partial charge in [0.15, 0.2) is 0 Å². The molecule has 0 saturated heterocycles. The van der Waals surface area contributed by atoms with Crippen LogP contribution in [0, 0.1) is 11.8 Å². The summed E-state index contributed by atoms with van der Waals surface area (Å²) in [5.74, 6) is 1.62. The monoisotopic (exact) mass is 281 g/mol. The van der Waals surface area contributed by atoms with Gasteiger partial charge in [-0.3, -0.25) is 0 Å². The number of hydrogen-bond acceptors (Lipinski definition) is 4. The van der Waals surface area contributed by atoms with Crippen LogP contribution >= 0.6 is 11.3 Å². The summed E-state index contributed by atoms with van der Waals surface area (Å²) in [4.78, 5) is 0. The SMILES string of the molecule is CC(C)CNCCCc1nnc(CC2CCCC2)s1. The first-order valence-corrected chi connectivity index (χ1v) is 8.57. The van der Waals surface area contributed by atoms with Crippen LogP contribution in [-0.4, -0.2) is 23.3 Å². The molecule has 1 heterocycles. The zero-order chi connectivity index (χ0) is 13.5. The van der Waals surface area contributed by atoms with Crippen LogP contribution in [0.15, 0.2) is 0 Å². The summed E-state index contributed by atoms with van der Waals surface area (Å²) in [5.41, 5.74) is 0. The normalized spacial score (nSPS) is 16.6. The average Bonchev–Trinajstić information content (AvgIpc) is 3.01. The number of hydrogen-bond donors (Lipinski definition) is 1. The Bertz CT molecular complexity index is 356. The van der Waals surface area contributed by atoms with Crippen molar-refractivity contribution in [2.75, 3.05) is 13.1 Å². The van der Waals surface area contributed by atoms with E-state index >= 15 is 0 Å². The van der Waals surface area contributed by atoms with Crippen molar-refractivity contribution < 1.29 is 0 Å². The number of aromatic nitrogens is 2. The molecule has 1 aliphatic rings. The molecule has 1 aliphatic carbocycles. The molecule has 0 aromatic carbocycles. The second kappa shape index (κ2) is 7.95. The predicted molar refractivity (Wildman–Crippen MR) is 81.6 cm³/mol. The summed E-state index contributed by atoms with van der Waals surface area (Å²) < 4.78 is 0. The lowest BCUT2D eigenvalue weighted by Crippen LogP contribution is -2.21. The van der Waals surface area contributed by atoms with Gasteiger partial charge >= 0.3 is 0 Å². The highest BCUT2D eigenvalue weighted by Crippen LogP contribution is 2.28. The zero-order valence-electron chi connectivity index (χ0n) is 12.3. The molecule has 1 aromatic heterocycles. The van der Waals surface area contributed by atoms with Crippen molar-refractivity contribution >= 4 is 11.3 Å². The Morgan fingerprint density at radius 2 is 1.95 bits per heavy atom. The van der Waals surface area contributed by atoms with Gasteiger partial charge in [0.2, 0.25) is 0 Å². The van der Waals surface area contributed by atoms with E-state index < -0.39 is 0 Å². The van der Waals surface area contributed by atoms with E-state index in [-0.39, 0.29) is 0 Å². The first-order valence-electron chi connectivity index (χ1n) is 7.76. The minimum absolute atomic E-state index is 0.736. The molecular formula is C15H27N3S. The van der Waals surface area contributed by atoms with E-state index in [2.05, 4.69) is 29.4 Å². The van der Waals surface area contributed by atoms with Crippen LogP contribution in [0.3, 0.4) is 0 Å². The van der Waals surface area contributed by atoms with Crippen molar-refractivity contribution in [1.82, 2.24) is 15.5 Å². The van der Waals surface area contributed by atoms with Crippen LogP contribution in [0.4, 0.5) is 0 Å². The van der Waals surface area contributed by atoms with Crippen molar-refractivity contribution in [3.05, 3.63) is 10.0 Å². The molecule has 108 valence electrons. The molecule has 0 spiro atoms. The van der Waals surface area contributed by atoms with Gasteiger partial charge in [-0.1, -0.05) is 39.5 Å². The molecule has 0 radical (unpaired) electrons. The van der Waals surface area contributed by atoms with Gasteiger partial charge in [-0.25, -0.2) is 0 Å². The second-order valence-electron chi connectivity index (χ2n) is 6.15. The van der Waals surface area contributed by atoms with E-state index in [1.54, 1.807) is 0 Å². The minimum Gasteiger partial charge on any atom is -0.316 e. The summed E-state index contributed by atoms with van der Waals surface area (Å²) in [5, 5.41) is 14.6. The van der Waals surface area contributed by atoms with Gasteiger partial charge < -0.3 is 5.32 Å². The molecule has 0 bridgehead atoms. The van der Waals surface area contributed by atoms with Crippen LogP contribution in [0.5, 0.6) is 0 Å². The maximum absolute atomic E-state index is 4.35. The van der Waals surface area contributed by atoms with Crippen LogP contribution in [0.2, 0.25) is 0 Å². The van der Waals surface area contributed by atoms with E-state index in [1.165, 1.54) is 48.5 Å². The summed E-state index contributed by atoms with van der Waals surface area (Å²) >= 11 is 1.83. The standard InChI is InChI=1S/C15H27N3S/c1-12(2)11-16-9-5-8-14-17-18-15(19-14)10-13-6-3-4-7-13/h12-13,16H,3-11H2,1-2H3. The van der Waals surface area contributed by atoms with Crippen LogP contribution in [-0.2, 0) is 12.8 Å². The zero-order valence-corrected chi connectivity index (χ0v) is 13.1. The Morgan fingerprint density at radius 1 is 1.21 bits per heavy atom. The summed E-state index contributed by atoms with van der Waals surface area (Å²) in [6.45, 7) is 6.69. The molecule has 3 nitrogen and oxygen atoms in total. The van der Waals surface area contributed by atoms with Crippen molar-refractivity contribution in [3.8, 4) is 0 Å². The molecule has 4 heteroatoms. The molecule has 1 fully saturated rings. The number of rotatable bonds is 8. The Morgan fingerprint density at radius 3 is 2.68 bits per heavy atom. The summed E-state index contributed by atoms with van der Waals surface area (Å²) in [6.07, 6.45) is 9.04. The third-order valence-corrected chi connectivity index (χ3v) is 4.75. The van der Waals surface area contributed by atoms with Gasteiger partial charge in [0.1, 0.15) is 10.0 Å². The van der Waals surface area contributed by atoms with E-state index in [9.17, 15) is 0 Å². The van der Waals surface area contributed by atoms with Gasteiger partial charge in [-0.2, -0.15) is 0 Å². The van der Waals surface area contributed by atoms with Crippen LogP contribution < -0.4 is 5.32 Å². The Kier molecular flexibility index (Phi) is 6.24. The fourth-order valence-corrected chi connectivity index (χ4v) is 3.69. The molecule has 0 unspecified atom stereocenters. The lowest BCUT2D eigenvalue weighted by molar-refractivity contribution is 0.540. The number of aryl methyl sites for hydroxylation is 1. The van der Waals surface area contributed by atoms with Crippen molar-refractivity contribution in [2.45, 2.75) is 58.8 Å². The fraction of sp³-hybridized carbons (Fsp3) is 0.867. The quantitative estimate of drug-likeness (QED) is 0.742. The molecule has 1 saturated carbocycles. The molecule has 1 N–H and O–H groups in total. The Labute approximate surface area is 121 Å². The lowest BCUT2D eigenvalue weighted by Gasteiger charge is -2.05. The maximum atomic E-state index is 4.35. The third kappa shape index (κ3) is 5.57. The molecule has 0 aliphatic heterocycles. The van der Waals surface area contributed by atoms with Crippen molar-refractivity contribution in [3.63, 3.8) is 0 Å². The van der Waals surface area contributed by atoms with Gasteiger partial charge in [0.05, 0.1) is 0 Å². The van der Waals surface area contributed by atoms with Crippen molar-refractivity contribution in [1.29, 1.82) is 0 Å². The average molecular weight is 281 g/mol. The predicted octanol–water partition coefficient (Wildman–Crippen LogP) is 3.45. The molecule has 0 amide bonds. The summed E-state index contributed by atoms with van der Waals surface area (Å²) in [7, 11) is 0. The minimum atomic E-state index is 0.736. The van der Waals surface area contributed by atoms with E-state index in [0.29, 0.717) is 0 Å². The van der Waals surface area contributed by atoms with Gasteiger partial charge in [-0.15, -0.1) is 21.5 Å². The van der Waals surface area contributed by atoms with Gasteiger partial charge in [0, 0.05) is 12.8 Å². The fourth-order valence-electron chi connectivity index (χ4n) is 2.69. The molecule has 2 rings (SSSR count). The van der Waals surface area contributed by atoms with Crippen LogP contribution in [0.1, 0.15) is 56.0 Å². The van der Waals surface area contributed by atoms with E-state index in [0.717, 1.165) is 31.3 Å². The number of nitrogens with one attached hydrogen (secondary N) is 1. The molecule has 19 heavy (non-hydrogen) atoms. The van der Waals surface area contributed by atoms with E-state index in [4.69, 9.17) is 0 Å². The van der Waals surface area contributed by atoms with Gasteiger partial charge in [0.25, 0.3) is 0 Å². The Balaban J connectivity index is 1.63. The van der Waals surface area contributed by atoms with E-state index in [1.807, 2.05) is 11.3 Å². The molecule has 0 atom stereocenters. The smallest absolute Gasteiger partial charge is 0.117 e. The molecular weight excluding hydrogens is 254 g/mol. The van der Waals surface area contributed by atoms with Crippen LogP contribution in [0.25, 0.3) is 0 Å². The highest BCUT2D eigenvalue weighted by Gasteiger charge is 2.17. The third-order valence-electron chi connectivity index (χ3n) is 3.74. The first kappa shape index (κ1) is 14.9. The first-order chi connectivity index (χ1) is 9.24. The highest BCUT2D eigenvalue weighted by molar-refractivity contribution is 7.11. The van der Waals surface area contributed by atoms with Crippen molar-refractivity contribution in [2.24, 2.45) is 11.8 Å².